The van der Waals surface area contributed by atoms with Crippen LogP contribution in [0, 0.1) is 17.8 Å². The maximum atomic E-state index is 10.8. The molecule has 2 aliphatic rings. The van der Waals surface area contributed by atoms with Gasteiger partial charge in [0.05, 0.1) is 6.61 Å². The van der Waals surface area contributed by atoms with Gasteiger partial charge in [-0.3, -0.25) is 4.90 Å². The number of likely N-dealkylation sites (tertiary alicyclic amines) is 1. The Morgan fingerprint density at radius 3 is 2.75 bits per heavy atom. The molecule has 1 saturated carbocycles. The molecule has 0 radical (unpaired) electrons. The molecule has 1 heterocycles. The summed E-state index contributed by atoms with van der Waals surface area (Å²) < 4.78 is 6.14. The molecular formula is C16H30INO2. The van der Waals surface area contributed by atoms with Crippen molar-refractivity contribution in [3.63, 3.8) is 0 Å². The average Bonchev–Trinajstić information content (AvgIpc) is 2.86. The van der Waals surface area contributed by atoms with Crippen LogP contribution in [0.5, 0.6) is 0 Å². The van der Waals surface area contributed by atoms with Gasteiger partial charge in [0.15, 0.2) is 0 Å². The number of aliphatic hydroxyl groups is 1. The van der Waals surface area contributed by atoms with Crippen molar-refractivity contribution in [1.29, 1.82) is 0 Å². The molecule has 2 rings (SSSR count). The summed E-state index contributed by atoms with van der Waals surface area (Å²) in [5, 5.41) is 10.8. The predicted molar refractivity (Wildman–Crippen MR) is 91.1 cm³/mol. The van der Waals surface area contributed by atoms with Crippen LogP contribution in [-0.4, -0.2) is 46.5 Å². The molecule has 0 amide bonds. The quantitative estimate of drug-likeness (QED) is 0.573. The maximum absolute atomic E-state index is 10.8. The van der Waals surface area contributed by atoms with Crippen molar-refractivity contribution in [2.45, 2.75) is 62.1 Å². The molecule has 2 fully saturated rings. The predicted octanol–water partition coefficient (Wildman–Crippen LogP) is 3.29. The Morgan fingerprint density at radius 2 is 2.10 bits per heavy atom. The van der Waals surface area contributed by atoms with Crippen LogP contribution < -0.4 is 0 Å². The second-order valence-electron chi connectivity index (χ2n) is 6.81. The van der Waals surface area contributed by atoms with Gasteiger partial charge in [0.25, 0.3) is 0 Å². The lowest BCUT2D eigenvalue weighted by Crippen LogP contribution is -2.47. The number of rotatable bonds is 5. The zero-order chi connectivity index (χ0) is 14.7. The Balaban J connectivity index is 1.95. The SMILES string of the molecule is COCC1CCCN1C(O)[C@@H](C)C1CC[C@@H](I)C[C@H]1C. The molecule has 1 aliphatic carbocycles. The highest BCUT2D eigenvalue weighted by molar-refractivity contribution is 14.1. The maximum Gasteiger partial charge on any atom is 0.110 e. The van der Waals surface area contributed by atoms with Crippen LogP contribution in [0.3, 0.4) is 0 Å². The summed E-state index contributed by atoms with van der Waals surface area (Å²) in [7, 11) is 1.76. The van der Waals surface area contributed by atoms with Gasteiger partial charge in [0.2, 0.25) is 0 Å². The minimum Gasteiger partial charge on any atom is -0.383 e. The summed E-state index contributed by atoms with van der Waals surface area (Å²) >= 11 is 2.59. The first-order valence-electron chi connectivity index (χ1n) is 8.11. The lowest BCUT2D eigenvalue weighted by Gasteiger charge is -2.41. The lowest BCUT2D eigenvalue weighted by molar-refractivity contribution is -0.0800. The van der Waals surface area contributed by atoms with Gasteiger partial charge in [0, 0.05) is 23.6 Å². The van der Waals surface area contributed by atoms with E-state index in [9.17, 15) is 5.11 Å². The molecule has 118 valence electrons. The first kappa shape index (κ1) is 17.0. The van der Waals surface area contributed by atoms with Crippen molar-refractivity contribution < 1.29 is 9.84 Å². The minimum absolute atomic E-state index is 0.295. The van der Waals surface area contributed by atoms with Crippen molar-refractivity contribution in [1.82, 2.24) is 4.90 Å². The fourth-order valence-electron chi connectivity index (χ4n) is 4.24. The summed E-state index contributed by atoms with van der Waals surface area (Å²) in [5.74, 6) is 1.77. The Hall–Kier alpha value is 0.610. The summed E-state index contributed by atoms with van der Waals surface area (Å²) in [5.41, 5.74) is 0. The molecule has 3 unspecified atom stereocenters. The molecule has 0 aromatic rings. The summed E-state index contributed by atoms with van der Waals surface area (Å²) in [6.07, 6.45) is 5.95. The van der Waals surface area contributed by atoms with E-state index in [1.165, 1.54) is 25.7 Å². The van der Waals surface area contributed by atoms with Crippen molar-refractivity contribution in [3.8, 4) is 0 Å². The second kappa shape index (κ2) is 7.75. The molecule has 1 N–H and O–H groups in total. The molecule has 20 heavy (non-hydrogen) atoms. The largest absolute Gasteiger partial charge is 0.383 e. The summed E-state index contributed by atoms with van der Waals surface area (Å²) in [6.45, 7) is 6.40. The van der Waals surface area contributed by atoms with Gasteiger partial charge < -0.3 is 9.84 Å². The van der Waals surface area contributed by atoms with E-state index in [2.05, 4.69) is 41.3 Å². The molecule has 0 spiro atoms. The highest BCUT2D eigenvalue weighted by atomic mass is 127. The standard InChI is InChI=1S/C16H30INO2/c1-11-9-13(17)6-7-15(11)12(2)16(19)18-8-4-5-14(18)10-20-3/h11-16,19H,4-10H2,1-3H3/t11-,12+,13-,14?,15?,16?/m1/s1. The van der Waals surface area contributed by atoms with E-state index < -0.39 is 0 Å². The average molecular weight is 395 g/mol. The van der Waals surface area contributed by atoms with E-state index in [1.807, 2.05) is 0 Å². The highest BCUT2D eigenvalue weighted by Crippen LogP contribution is 2.40. The van der Waals surface area contributed by atoms with E-state index in [0.29, 0.717) is 17.9 Å². The highest BCUT2D eigenvalue weighted by Gasteiger charge is 2.38. The molecular weight excluding hydrogens is 365 g/mol. The smallest absolute Gasteiger partial charge is 0.110 e. The first-order chi connectivity index (χ1) is 9.54. The van der Waals surface area contributed by atoms with Gasteiger partial charge in [-0.2, -0.15) is 0 Å². The molecule has 0 bridgehead atoms. The number of halogens is 1. The van der Waals surface area contributed by atoms with Gasteiger partial charge in [0.1, 0.15) is 6.23 Å². The van der Waals surface area contributed by atoms with Crippen LogP contribution in [0.15, 0.2) is 0 Å². The van der Waals surface area contributed by atoms with Crippen LogP contribution in [-0.2, 0) is 4.74 Å². The van der Waals surface area contributed by atoms with Gasteiger partial charge in [-0.1, -0.05) is 36.4 Å². The van der Waals surface area contributed by atoms with E-state index in [1.54, 1.807) is 7.11 Å². The fourth-order valence-corrected chi connectivity index (χ4v) is 5.40. The third-order valence-electron chi connectivity index (χ3n) is 5.44. The van der Waals surface area contributed by atoms with E-state index in [0.717, 1.165) is 29.4 Å². The Morgan fingerprint density at radius 1 is 1.35 bits per heavy atom. The van der Waals surface area contributed by atoms with Gasteiger partial charge in [-0.15, -0.1) is 0 Å². The number of ether oxygens (including phenoxy) is 1. The van der Waals surface area contributed by atoms with Crippen molar-refractivity contribution >= 4 is 22.6 Å². The zero-order valence-corrected chi connectivity index (χ0v) is 15.3. The number of hydrogen-bond donors (Lipinski definition) is 1. The van der Waals surface area contributed by atoms with Gasteiger partial charge >= 0.3 is 0 Å². The Bertz CT molecular complexity index is 296. The molecule has 3 nitrogen and oxygen atoms in total. The third-order valence-corrected chi connectivity index (χ3v) is 6.57. The van der Waals surface area contributed by atoms with Crippen molar-refractivity contribution in [3.05, 3.63) is 0 Å². The number of aliphatic hydroxyl groups excluding tert-OH is 1. The fraction of sp³-hybridized carbons (Fsp3) is 1.00. The molecule has 1 aliphatic heterocycles. The van der Waals surface area contributed by atoms with Crippen molar-refractivity contribution in [2.24, 2.45) is 17.8 Å². The normalized spacial score (nSPS) is 38.9. The molecule has 0 aromatic heterocycles. The van der Waals surface area contributed by atoms with Crippen molar-refractivity contribution in [2.75, 3.05) is 20.3 Å². The van der Waals surface area contributed by atoms with Gasteiger partial charge in [-0.25, -0.2) is 0 Å². The Kier molecular flexibility index (Phi) is 6.57. The topological polar surface area (TPSA) is 32.7 Å². The van der Waals surface area contributed by atoms with Gasteiger partial charge in [-0.05, 0) is 49.9 Å². The van der Waals surface area contributed by atoms with E-state index in [-0.39, 0.29) is 6.23 Å². The number of nitrogens with zero attached hydrogens (tertiary/aromatic N) is 1. The molecule has 0 aromatic carbocycles. The summed E-state index contributed by atoms with van der Waals surface area (Å²) in [4.78, 5) is 2.29. The van der Waals surface area contributed by atoms with Crippen LogP contribution in [0.4, 0.5) is 0 Å². The minimum atomic E-state index is -0.295. The number of methoxy groups -OCH3 is 1. The number of hydrogen-bond acceptors (Lipinski definition) is 3. The van der Waals surface area contributed by atoms with Crippen LogP contribution in [0.25, 0.3) is 0 Å². The third kappa shape index (κ3) is 3.87. The van der Waals surface area contributed by atoms with E-state index >= 15 is 0 Å². The van der Waals surface area contributed by atoms with Crippen LogP contribution in [0.1, 0.15) is 46.0 Å². The Labute approximate surface area is 137 Å². The summed E-state index contributed by atoms with van der Waals surface area (Å²) in [6, 6.07) is 0.411. The monoisotopic (exact) mass is 395 g/mol. The van der Waals surface area contributed by atoms with E-state index in [4.69, 9.17) is 4.74 Å². The molecule has 1 saturated heterocycles. The van der Waals surface area contributed by atoms with Crippen LogP contribution in [0.2, 0.25) is 0 Å². The molecule has 6 atom stereocenters. The molecule has 4 heteroatoms. The first-order valence-corrected chi connectivity index (χ1v) is 9.36. The van der Waals surface area contributed by atoms with Crippen LogP contribution >= 0.6 is 22.6 Å². The number of alkyl halides is 1. The lowest BCUT2D eigenvalue weighted by atomic mass is 9.73. The second-order valence-corrected chi connectivity index (χ2v) is 8.58. The zero-order valence-electron chi connectivity index (χ0n) is 13.1.